The molecule has 6 heteroatoms. The Bertz CT molecular complexity index is 462. The molecule has 0 aromatic heterocycles. The van der Waals surface area contributed by atoms with Crippen molar-refractivity contribution in [2.75, 3.05) is 13.1 Å². The maximum Gasteiger partial charge on any atom is 0.387 e. The van der Waals surface area contributed by atoms with Crippen LogP contribution in [0.1, 0.15) is 31.2 Å². The Balaban J connectivity index is 1.91. The summed E-state index contributed by atoms with van der Waals surface area (Å²) in [5.41, 5.74) is -0.357. The van der Waals surface area contributed by atoms with E-state index in [1.54, 1.807) is 6.07 Å². The van der Waals surface area contributed by atoms with Crippen LogP contribution < -0.4 is 10.1 Å². The molecule has 3 nitrogen and oxygen atoms in total. The number of halogens is 3. The third-order valence-electron chi connectivity index (χ3n) is 3.88. The van der Waals surface area contributed by atoms with Crippen molar-refractivity contribution in [3.05, 3.63) is 29.6 Å². The lowest BCUT2D eigenvalue weighted by atomic mass is 9.87. The van der Waals surface area contributed by atoms with E-state index < -0.39 is 23.8 Å². The van der Waals surface area contributed by atoms with Crippen molar-refractivity contribution in [3.63, 3.8) is 0 Å². The minimum atomic E-state index is -3.04. The lowest BCUT2D eigenvalue weighted by Gasteiger charge is -2.32. The third-order valence-corrected chi connectivity index (χ3v) is 3.88. The van der Waals surface area contributed by atoms with E-state index in [0.29, 0.717) is 37.7 Å². The lowest BCUT2D eigenvalue weighted by Crippen LogP contribution is -2.41. The molecule has 0 amide bonds. The van der Waals surface area contributed by atoms with Crippen LogP contribution in [0.5, 0.6) is 5.75 Å². The van der Waals surface area contributed by atoms with Crippen LogP contribution in [-0.2, 0) is 6.42 Å². The Morgan fingerprint density at radius 1 is 1.29 bits per heavy atom. The molecule has 0 unspecified atom stereocenters. The van der Waals surface area contributed by atoms with Gasteiger partial charge >= 0.3 is 6.61 Å². The Morgan fingerprint density at radius 2 is 2.00 bits per heavy atom. The van der Waals surface area contributed by atoms with Gasteiger partial charge in [-0.3, -0.25) is 0 Å². The smallest absolute Gasteiger partial charge is 0.387 e. The zero-order chi connectivity index (χ0) is 15.3. The molecule has 1 heterocycles. The second kappa shape index (κ2) is 7.13. The average molecular weight is 303 g/mol. The SMILES string of the molecule is OC1(CCCc2cccc(OC(F)F)c2F)CCNCC1. The fraction of sp³-hybridized carbons (Fsp3) is 0.600. The van der Waals surface area contributed by atoms with Crippen molar-refractivity contribution in [2.45, 2.75) is 44.3 Å². The van der Waals surface area contributed by atoms with Crippen LogP contribution in [0.25, 0.3) is 0 Å². The number of nitrogens with one attached hydrogen (secondary N) is 1. The van der Waals surface area contributed by atoms with Gasteiger partial charge in [0.1, 0.15) is 0 Å². The number of alkyl halides is 2. The van der Waals surface area contributed by atoms with Gasteiger partial charge in [0.05, 0.1) is 5.60 Å². The molecule has 1 saturated heterocycles. The molecule has 118 valence electrons. The average Bonchev–Trinajstić information content (AvgIpc) is 2.43. The van der Waals surface area contributed by atoms with Crippen molar-refractivity contribution in [1.29, 1.82) is 0 Å². The summed E-state index contributed by atoms with van der Waals surface area (Å²) < 4.78 is 42.4. The van der Waals surface area contributed by atoms with Gasteiger partial charge in [0.2, 0.25) is 0 Å². The molecule has 1 aliphatic rings. The number of aliphatic hydroxyl groups is 1. The van der Waals surface area contributed by atoms with Crippen LogP contribution in [0.15, 0.2) is 18.2 Å². The lowest BCUT2D eigenvalue weighted by molar-refractivity contribution is -0.0522. The number of piperidine rings is 1. The van der Waals surface area contributed by atoms with Crippen molar-refractivity contribution in [3.8, 4) is 5.75 Å². The molecule has 0 atom stereocenters. The van der Waals surface area contributed by atoms with E-state index in [2.05, 4.69) is 10.1 Å². The Labute approximate surface area is 122 Å². The number of hydrogen-bond donors (Lipinski definition) is 2. The van der Waals surface area contributed by atoms with Crippen molar-refractivity contribution < 1.29 is 23.0 Å². The molecule has 0 saturated carbocycles. The summed E-state index contributed by atoms with van der Waals surface area (Å²) in [6, 6.07) is 4.24. The second-order valence-electron chi connectivity index (χ2n) is 5.44. The molecular weight excluding hydrogens is 283 g/mol. The summed E-state index contributed by atoms with van der Waals surface area (Å²) in [5, 5.41) is 13.5. The summed E-state index contributed by atoms with van der Waals surface area (Å²) in [7, 11) is 0. The summed E-state index contributed by atoms with van der Waals surface area (Å²) in [6.45, 7) is -1.48. The highest BCUT2D eigenvalue weighted by molar-refractivity contribution is 5.31. The second-order valence-corrected chi connectivity index (χ2v) is 5.44. The molecule has 0 radical (unpaired) electrons. The minimum Gasteiger partial charge on any atom is -0.432 e. The van der Waals surface area contributed by atoms with E-state index in [4.69, 9.17) is 0 Å². The molecule has 21 heavy (non-hydrogen) atoms. The third kappa shape index (κ3) is 4.61. The van der Waals surface area contributed by atoms with E-state index in [1.165, 1.54) is 12.1 Å². The molecule has 1 aromatic carbocycles. The van der Waals surface area contributed by atoms with Gasteiger partial charge in [0, 0.05) is 0 Å². The van der Waals surface area contributed by atoms with E-state index in [1.807, 2.05) is 0 Å². The Morgan fingerprint density at radius 3 is 2.67 bits per heavy atom. The largest absolute Gasteiger partial charge is 0.432 e. The van der Waals surface area contributed by atoms with E-state index in [-0.39, 0.29) is 0 Å². The molecular formula is C15H20F3NO2. The van der Waals surface area contributed by atoms with Gasteiger partial charge in [-0.1, -0.05) is 12.1 Å². The Kier molecular flexibility index (Phi) is 5.47. The fourth-order valence-electron chi connectivity index (χ4n) is 2.69. The quantitative estimate of drug-likeness (QED) is 0.849. The predicted molar refractivity (Wildman–Crippen MR) is 73.0 cm³/mol. The van der Waals surface area contributed by atoms with Gasteiger partial charge in [-0.15, -0.1) is 0 Å². The standard InChI is InChI=1S/C15H20F3NO2/c16-13-11(3-1-5-12(13)21-14(17)18)4-2-6-15(20)7-9-19-10-8-15/h1,3,5,14,19-20H,2,4,6-10H2. The highest BCUT2D eigenvalue weighted by Gasteiger charge is 2.28. The van der Waals surface area contributed by atoms with E-state index >= 15 is 0 Å². The number of benzene rings is 1. The highest BCUT2D eigenvalue weighted by Crippen LogP contribution is 2.27. The molecule has 2 rings (SSSR count). The van der Waals surface area contributed by atoms with Crippen LogP contribution in [0.2, 0.25) is 0 Å². The monoisotopic (exact) mass is 303 g/mol. The predicted octanol–water partition coefficient (Wildman–Crippen LogP) is 2.86. The first kappa shape index (κ1) is 16.1. The highest BCUT2D eigenvalue weighted by atomic mass is 19.3. The molecule has 1 fully saturated rings. The van der Waals surface area contributed by atoms with Gasteiger partial charge in [-0.05, 0) is 56.8 Å². The van der Waals surface area contributed by atoms with Crippen LogP contribution in [0.4, 0.5) is 13.2 Å². The van der Waals surface area contributed by atoms with Crippen LogP contribution in [0.3, 0.4) is 0 Å². The zero-order valence-corrected chi connectivity index (χ0v) is 11.7. The summed E-state index contributed by atoms with van der Waals surface area (Å²) in [4.78, 5) is 0. The topological polar surface area (TPSA) is 41.5 Å². The van der Waals surface area contributed by atoms with Crippen molar-refractivity contribution >= 4 is 0 Å². The number of hydrogen-bond acceptors (Lipinski definition) is 3. The maximum absolute atomic E-state index is 14.0. The summed E-state index contributed by atoms with van der Waals surface area (Å²) >= 11 is 0. The normalized spacial score (nSPS) is 18.0. The first-order valence-electron chi connectivity index (χ1n) is 7.15. The first-order valence-corrected chi connectivity index (χ1v) is 7.15. The van der Waals surface area contributed by atoms with Crippen LogP contribution in [-0.4, -0.2) is 30.4 Å². The number of aryl methyl sites for hydroxylation is 1. The summed E-state index contributed by atoms with van der Waals surface area (Å²) in [5.74, 6) is -1.17. The van der Waals surface area contributed by atoms with Gasteiger partial charge in [0.25, 0.3) is 0 Å². The van der Waals surface area contributed by atoms with E-state index in [9.17, 15) is 18.3 Å². The maximum atomic E-state index is 14.0. The molecule has 2 N–H and O–H groups in total. The van der Waals surface area contributed by atoms with E-state index in [0.717, 1.165) is 13.1 Å². The van der Waals surface area contributed by atoms with Crippen molar-refractivity contribution in [2.24, 2.45) is 0 Å². The van der Waals surface area contributed by atoms with Gasteiger partial charge in [0.15, 0.2) is 11.6 Å². The van der Waals surface area contributed by atoms with Gasteiger partial charge in [-0.2, -0.15) is 8.78 Å². The first-order chi connectivity index (χ1) is 10.0. The Hall–Kier alpha value is -1.27. The molecule has 1 aliphatic heterocycles. The zero-order valence-electron chi connectivity index (χ0n) is 11.7. The molecule has 0 aliphatic carbocycles. The minimum absolute atomic E-state index is 0.339. The van der Waals surface area contributed by atoms with Crippen molar-refractivity contribution in [1.82, 2.24) is 5.32 Å². The molecule has 0 spiro atoms. The number of rotatable bonds is 6. The van der Waals surface area contributed by atoms with Crippen LogP contribution >= 0.6 is 0 Å². The molecule has 0 bridgehead atoms. The van der Waals surface area contributed by atoms with Gasteiger partial charge in [-0.25, -0.2) is 4.39 Å². The van der Waals surface area contributed by atoms with Gasteiger partial charge < -0.3 is 15.2 Å². The number of ether oxygens (including phenoxy) is 1. The fourth-order valence-corrected chi connectivity index (χ4v) is 2.69. The molecule has 1 aromatic rings. The van der Waals surface area contributed by atoms with Crippen LogP contribution in [0, 0.1) is 5.82 Å². The summed E-state index contributed by atoms with van der Waals surface area (Å²) in [6.07, 6.45) is 2.94.